The second kappa shape index (κ2) is 8.18. The Bertz CT molecular complexity index is 1070. The van der Waals surface area contributed by atoms with Gasteiger partial charge in [0, 0.05) is 5.56 Å². The second-order valence-electron chi connectivity index (χ2n) is 5.71. The first kappa shape index (κ1) is 18.8. The van der Waals surface area contributed by atoms with Gasteiger partial charge in [-0.05, 0) is 44.6 Å². The van der Waals surface area contributed by atoms with Crippen molar-refractivity contribution in [2.24, 2.45) is 0 Å². The number of aromatic amines is 1. The molecule has 6 nitrogen and oxygen atoms in total. The summed E-state index contributed by atoms with van der Waals surface area (Å²) in [6, 6.07) is 7.62. The Kier molecular flexibility index (Phi) is 5.71. The molecule has 0 saturated carbocycles. The molecule has 0 unspecified atom stereocenters. The van der Waals surface area contributed by atoms with Gasteiger partial charge in [0.1, 0.15) is 21.3 Å². The lowest BCUT2D eigenvalue weighted by Crippen LogP contribution is -2.10. The summed E-state index contributed by atoms with van der Waals surface area (Å²) in [7, 11) is 0. The van der Waals surface area contributed by atoms with Crippen molar-refractivity contribution in [3.63, 3.8) is 0 Å². The molecule has 140 valence electrons. The maximum Gasteiger partial charge on any atom is 0.348 e. The maximum absolute atomic E-state index is 12.5. The molecule has 0 fully saturated rings. The third-order valence-corrected chi connectivity index (χ3v) is 5.09. The van der Waals surface area contributed by atoms with Crippen LogP contribution in [0.25, 0.3) is 22.4 Å². The van der Waals surface area contributed by atoms with Crippen LogP contribution in [0.1, 0.15) is 40.5 Å². The molecule has 0 radical (unpaired) electrons. The Morgan fingerprint density at radius 3 is 2.74 bits per heavy atom. The zero-order valence-electron chi connectivity index (χ0n) is 15.4. The summed E-state index contributed by atoms with van der Waals surface area (Å²) in [6.45, 7) is 6.25. The monoisotopic (exact) mass is 384 g/mol. The number of carbonyl (C=O) groups excluding carboxylic acids is 1. The number of rotatable bonds is 6. The maximum atomic E-state index is 12.5. The lowest BCUT2D eigenvalue weighted by atomic mass is 10.2. The van der Waals surface area contributed by atoms with E-state index in [2.05, 4.69) is 9.97 Å². The molecule has 0 bridgehead atoms. The number of thiophene rings is 1. The van der Waals surface area contributed by atoms with Gasteiger partial charge < -0.3 is 14.5 Å². The fourth-order valence-corrected chi connectivity index (χ4v) is 3.79. The molecule has 1 N–H and O–H groups in total. The average molecular weight is 384 g/mol. The van der Waals surface area contributed by atoms with Gasteiger partial charge in [-0.3, -0.25) is 4.79 Å². The Balaban J connectivity index is 2.00. The third kappa shape index (κ3) is 3.93. The Hall–Kier alpha value is -2.93. The van der Waals surface area contributed by atoms with E-state index in [0.29, 0.717) is 33.1 Å². The summed E-state index contributed by atoms with van der Waals surface area (Å²) in [4.78, 5) is 32.7. The van der Waals surface area contributed by atoms with Crippen LogP contribution in [0.3, 0.4) is 0 Å². The summed E-state index contributed by atoms with van der Waals surface area (Å²) in [5.74, 6) is 0.742. The number of benzene rings is 1. The first-order valence-electron chi connectivity index (χ1n) is 8.65. The molecule has 0 saturated heterocycles. The van der Waals surface area contributed by atoms with Gasteiger partial charge in [0.05, 0.1) is 18.6 Å². The van der Waals surface area contributed by atoms with Crippen molar-refractivity contribution in [3.05, 3.63) is 56.4 Å². The number of hydrogen-bond donors (Lipinski definition) is 1. The van der Waals surface area contributed by atoms with E-state index in [0.717, 1.165) is 11.3 Å². The molecule has 0 aliphatic rings. The highest BCUT2D eigenvalue weighted by Gasteiger charge is 2.19. The molecule has 0 atom stereocenters. The van der Waals surface area contributed by atoms with Crippen LogP contribution in [0.2, 0.25) is 0 Å². The van der Waals surface area contributed by atoms with Crippen LogP contribution in [0.15, 0.2) is 29.1 Å². The SMILES string of the molecule is CCOC(=O)c1sc2nc(/C=C/c3ccccc3OCC)[nH]c(=O)c2c1C. The lowest BCUT2D eigenvalue weighted by molar-refractivity contribution is 0.0531. The predicted octanol–water partition coefficient (Wildman–Crippen LogP) is 4.04. The Morgan fingerprint density at radius 2 is 2.00 bits per heavy atom. The number of esters is 1. The standard InChI is InChI=1S/C20H20N2O4S/c1-4-25-14-9-7-6-8-13(14)10-11-15-21-18(23)16-12(3)17(20(24)26-5-2)27-19(16)22-15/h6-11H,4-5H2,1-3H3,(H,21,22,23)/b11-10+. The van der Waals surface area contributed by atoms with Crippen LogP contribution in [0, 0.1) is 6.92 Å². The molecule has 0 aliphatic carbocycles. The zero-order chi connectivity index (χ0) is 19.4. The van der Waals surface area contributed by atoms with Gasteiger partial charge in [-0.25, -0.2) is 9.78 Å². The highest BCUT2D eigenvalue weighted by molar-refractivity contribution is 7.20. The largest absolute Gasteiger partial charge is 0.493 e. The Labute approximate surface area is 160 Å². The molecule has 3 rings (SSSR count). The summed E-state index contributed by atoms with van der Waals surface area (Å²) >= 11 is 1.17. The topological polar surface area (TPSA) is 81.3 Å². The molecule has 1 aromatic carbocycles. The number of hydrogen-bond acceptors (Lipinski definition) is 6. The molecular weight excluding hydrogens is 364 g/mol. The van der Waals surface area contributed by atoms with Crippen LogP contribution in [-0.2, 0) is 4.74 Å². The molecule has 27 heavy (non-hydrogen) atoms. The highest BCUT2D eigenvalue weighted by Crippen LogP contribution is 2.28. The van der Waals surface area contributed by atoms with Crippen molar-refractivity contribution in [2.75, 3.05) is 13.2 Å². The minimum Gasteiger partial charge on any atom is -0.493 e. The van der Waals surface area contributed by atoms with Gasteiger partial charge in [-0.2, -0.15) is 0 Å². The molecule has 0 aliphatic heterocycles. The smallest absolute Gasteiger partial charge is 0.348 e. The summed E-state index contributed by atoms with van der Waals surface area (Å²) in [5, 5.41) is 0.426. The van der Waals surface area contributed by atoms with E-state index in [1.54, 1.807) is 19.9 Å². The lowest BCUT2D eigenvalue weighted by Gasteiger charge is -2.06. The van der Waals surface area contributed by atoms with E-state index in [1.807, 2.05) is 37.3 Å². The number of aromatic nitrogens is 2. The zero-order valence-corrected chi connectivity index (χ0v) is 16.2. The van der Waals surface area contributed by atoms with E-state index < -0.39 is 5.97 Å². The average Bonchev–Trinajstić information content (AvgIpc) is 2.98. The van der Waals surface area contributed by atoms with E-state index in [4.69, 9.17) is 9.47 Å². The number of nitrogens with one attached hydrogen (secondary N) is 1. The van der Waals surface area contributed by atoms with Crippen molar-refractivity contribution >= 4 is 39.7 Å². The third-order valence-electron chi connectivity index (χ3n) is 3.92. The van der Waals surface area contributed by atoms with Crippen molar-refractivity contribution in [1.82, 2.24) is 9.97 Å². The van der Waals surface area contributed by atoms with Crippen LogP contribution < -0.4 is 10.3 Å². The fourth-order valence-electron chi connectivity index (χ4n) is 2.70. The number of fused-ring (bicyclic) bond motifs is 1. The first-order chi connectivity index (χ1) is 13.0. The highest BCUT2D eigenvalue weighted by atomic mass is 32.1. The number of carbonyl (C=O) groups is 1. The summed E-state index contributed by atoms with van der Waals surface area (Å²) in [6.07, 6.45) is 3.56. The number of ether oxygens (including phenoxy) is 2. The minimum atomic E-state index is -0.430. The molecule has 2 aromatic heterocycles. The fraction of sp³-hybridized carbons (Fsp3) is 0.250. The number of nitrogens with zero attached hydrogens (tertiary/aromatic N) is 1. The molecule has 0 spiro atoms. The normalized spacial score (nSPS) is 11.2. The van der Waals surface area contributed by atoms with Gasteiger partial charge in [0.2, 0.25) is 0 Å². The first-order valence-corrected chi connectivity index (χ1v) is 9.47. The van der Waals surface area contributed by atoms with Crippen LogP contribution in [0.5, 0.6) is 5.75 Å². The molecular formula is C20H20N2O4S. The van der Waals surface area contributed by atoms with E-state index in [9.17, 15) is 9.59 Å². The van der Waals surface area contributed by atoms with Gasteiger partial charge in [0.25, 0.3) is 5.56 Å². The van der Waals surface area contributed by atoms with Crippen molar-refractivity contribution in [1.29, 1.82) is 0 Å². The quantitative estimate of drug-likeness (QED) is 0.649. The summed E-state index contributed by atoms with van der Waals surface area (Å²) < 4.78 is 10.6. The van der Waals surface area contributed by atoms with E-state index >= 15 is 0 Å². The summed E-state index contributed by atoms with van der Waals surface area (Å²) in [5.41, 5.74) is 1.21. The molecule has 0 amide bonds. The van der Waals surface area contributed by atoms with Crippen molar-refractivity contribution in [3.8, 4) is 5.75 Å². The van der Waals surface area contributed by atoms with E-state index in [1.165, 1.54) is 11.3 Å². The molecule has 3 aromatic rings. The molecule has 2 heterocycles. The number of para-hydroxylation sites is 1. The van der Waals surface area contributed by atoms with Crippen molar-refractivity contribution in [2.45, 2.75) is 20.8 Å². The van der Waals surface area contributed by atoms with Crippen molar-refractivity contribution < 1.29 is 14.3 Å². The Morgan fingerprint density at radius 1 is 1.22 bits per heavy atom. The van der Waals surface area contributed by atoms with Gasteiger partial charge in [-0.1, -0.05) is 18.2 Å². The van der Waals surface area contributed by atoms with Crippen LogP contribution in [-0.4, -0.2) is 29.2 Å². The number of H-pyrrole nitrogens is 1. The molecule has 7 heteroatoms. The van der Waals surface area contributed by atoms with E-state index in [-0.39, 0.29) is 12.2 Å². The predicted molar refractivity (Wildman–Crippen MR) is 107 cm³/mol. The minimum absolute atomic E-state index is 0.276. The number of aryl methyl sites for hydroxylation is 1. The van der Waals surface area contributed by atoms with Crippen LogP contribution >= 0.6 is 11.3 Å². The second-order valence-corrected chi connectivity index (χ2v) is 6.71. The van der Waals surface area contributed by atoms with Gasteiger partial charge in [-0.15, -0.1) is 11.3 Å². The van der Waals surface area contributed by atoms with Crippen LogP contribution in [0.4, 0.5) is 0 Å². The van der Waals surface area contributed by atoms with Gasteiger partial charge >= 0.3 is 5.97 Å². The van der Waals surface area contributed by atoms with Gasteiger partial charge in [0.15, 0.2) is 0 Å².